The van der Waals surface area contributed by atoms with Crippen LogP contribution in [0.25, 0.3) is 0 Å². The summed E-state index contributed by atoms with van der Waals surface area (Å²) in [6, 6.07) is 9.17. The summed E-state index contributed by atoms with van der Waals surface area (Å²) in [6.45, 7) is 9.39. The molecule has 1 saturated heterocycles. The first-order valence-corrected chi connectivity index (χ1v) is 8.53. The molecule has 20 heavy (non-hydrogen) atoms. The maximum atomic E-state index is 2.57. The molecule has 2 rings (SSSR count). The van der Waals surface area contributed by atoms with Crippen molar-refractivity contribution in [3.8, 4) is 0 Å². The Morgan fingerprint density at radius 3 is 2.30 bits per heavy atom. The van der Waals surface area contributed by atoms with Crippen LogP contribution in [0, 0.1) is 11.8 Å². The molecule has 1 aliphatic heterocycles. The van der Waals surface area contributed by atoms with E-state index in [-0.39, 0.29) is 0 Å². The van der Waals surface area contributed by atoms with E-state index in [1.54, 1.807) is 0 Å². The highest BCUT2D eigenvalue weighted by molar-refractivity contribution is 5.47. The molecule has 0 aliphatic carbocycles. The number of aryl methyl sites for hydroxylation is 1. The summed E-state index contributed by atoms with van der Waals surface area (Å²) < 4.78 is 0. The average molecular weight is 273 g/mol. The van der Waals surface area contributed by atoms with Crippen molar-refractivity contribution in [2.24, 2.45) is 11.8 Å². The van der Waals surface area contributed by atoms with Gasteiger partial charge in [0.1, 0.15) is 0 Å². The van der Waals surface area contributed by atoms with Crippen molar-refractivity contribution in [3.05, 3.63) is 29.8 Å². The van der Waals surface area contributed by atoms with Crippen LogP contribution in [0.5, 0.6) is 0 Å². The Hall–Kier alpha value is -0.980. The second-order valence-electron chi connectivity index (χ2n) is 6.78. The normalized spacial score (nSPS) is 16.9. The predicted octanol–water partition coefficient (Wildman–Crippen LogP) is 5.29. The summed E-state index contributed by atoms with van der Waals surface area (Å²) in [7, 11) is 0. The molecule has 112 valence electrons. The van der Waals surface area contributed by atoms with Gasteiger partial charge in [0.15, 0.2) is 0 Å². The maximum Gasteiger partial charge on any atom is 0.0366 e. The minimum atomic E-state index is 0.868. The van der Waals surface area contributed by atoms with E-state index in [9.17, 15) is 0 Å². The van der Waals surface area contributed by atoms with Gasteiger partial charge < -0.3 is 4.90 Å². The van der Waals surface area contributed by atoms with E-state index >= 15 is 0 Å². The number of benzene rings is 1. The Morgan fingerprint density at radius 1 is 1.10 bits per heavy atom. The van der Waals surface area contributed by atoms with Crippen LogP contribution in [0.4, 0.5) is 5.69 Å². The van der Waals surface area contributed by atoms with E-state index in [1.165, 1.54) is 56.4 Å². The number of piperidine rings is 1. The standard InChI is InChI=1S/C19H31N/c1-4-17-8-10-19(11-9-17)20-14-12-18(13-15-20)7-5-6-16(2)3/h8-11,16,18H,4-7,12-15H2,1-3H3. The molecule has 0 aromatic heterocycles. The second-order valence-corrected chi connectivity index (χ2v) is 6.78. The van der Waals surface area contributed by atoms with Crippen molar-refractivity contribution in [1.82, 2.24) is 0 Å². The molecule has 0 bridgehead atoms. The third-order valence-corrected chi connectivity index (χ3v) is 4.72. The van der Waals surface area contributed by atoms with E-state index in [0.717, 1.165) is 18.3 Å². The lowest BCUT2D eigenvalue weighted by Crippen LogP contribution is -2.33. The SMILES string of the molecule is CCc1ccc(N2CCC(CCCC(C)C)CC2)cc1. The van der Waals surface area contributed by atoms with Crippen LogP contribution in [-0.2, 0) is 6.42 Å². The molecule has 1 aliphatic rings. The van der Waals surface area contributed by atoms with Crippen molar-refractivity contribution in [3.63, 3.8) is 0 Å². The van der Waals surface area contributed by atoms with Gasteiger partial charge in [0.05, 0.1) is 0 Å². The van der Waals surface area contributed by atoms with Gasteiger partial charge >= 0.3 is 0 Å². The van der Waals surface area contributed by atoms with Gasteiger partial charge in [0.2, 0.25) is 0 Å². The summed E-state index contributed by atoms with van der Waals surface area (Å²) in [6.07, 6.45) is 8.17. The summed E-state index contributed by atoms with van der Waals surface area (Å²) in [5, 5.41) is 0. The molecule has 1 aromatic rings. The minimum absolute atomic E-state index is 0.868. The molecule has 1 fully saturated rings. The summed E-state index contributed by atoms with van der Waals surface area (Å²) in [5.41, 5.74) is 2.86. The lowest BCUT2D eigenvalue weighted by Gasteiger charge is -2.34. The van der Waals surface area contributed by atoms with Gasteiger partial charge in [-0.05, 0) is 48.8 Å². The van der Waals surface area contributed by atoms with Gasteiger partial charge in [-0.15, -0.1) is 0 Å². The largest absolute Gasteiger partial charge is 0.372 e. The van der Waals surface area contributed by atoms with Crippen LogP contribution in [-0.4, -0.2) is 13.1 Å². The van der Waals surface area contributed by atoms with Gasteiger partial charge in [-0.3, -0.25) is 0 Å². The Balaban J connectivity index is 1.75. The average Bonchev–Trinajstić information content (AvgIpc) is 2.48. The van der Waals surface area contributed by atoms with E-state index in [2.05, 4.69) is 49.9 Å². The molecule has 1 aromatic carbocycles. The lowest BCUT2D eigenvalue weighted by molar-refractivity contribution is 0.358. The molecule has 0 unspecified atom stereocenters. The van der Waals surface area contributed by atoms with Crippen molar-refractivity contribution in [2.75, 3.05) is 18.0 Å². The first-order chi connectivity index (χ1) is 9.69. The van der Waals surface area contributed by atoms with Crippen LogP contribution < -0.4 is 4.90 Å². The highest BCUT2D eigenvalue weighted by Crippen LogP contribution is 2.27. The van der Waals surface area contributed by atoms with Gasteiger partial charge in [-0.2, -0.15) is 0 Å². The van der Waals surface area contributed by atoms with E-state index in [1.807, 2.05) is 0 Å². The van der Waals surface area contributed by atoms with Gasteiger partial charge in [-0.25, -0.2) is 0 Å². The molecular formula is C19H31N. The third kappa shape index (κ3) is 4.54. The molecule has 0 radical (unpaired) electrons. The number of hydrogen-bond donors (Lipinski definition) is 0. The van der Waals surface area contributed by atoms with Crippen LogP contribution in [0.1, 0.15) is 58.4 Å². The second kappa shape index (κ2) is 7.71. The van der Waals surface area contributed by atoms with E-state index in [4.69, 9.17) is 0 Å². The highest BCUT2D eigenvalue weighted by atomic mass is 15.1. The molecule has 1 heterocycles. The highest BCUT2D eigenvalue weighted by Gasteiger charge is 2.19. The molecular weight excluding hydrogens is 242 g/mol. The first kappa shape index (κ1) is 15.4. The molecule has 1 heteroatoms. The molecule has 0 amide bonds. The predicted molar refractivity (Wildman–Crippen MR) is 89.4 cm³/mol. The monoisotopic (exact) mass is 273 g/mol. The molecule has 0 N–H and O–H groups in total. The van der Waals surface area contributed by atoms with Crippen LogP contribution >= 0.6 is 0 Å². The Kier molecular flexibility index (Phi) is 5.94. The zero-order valence-electron chi connectivity index (χ0n) is 13.6. The quantitative estimate of drug-likeness (QED) is 0.680. The van der Waals surface area contributed by atoms with Crippen molar-refractivity contribution < 1.29 is 0 Å². The fourth-order valence-electron chi connectivity index (χ4n) is 3.24. The van der Waals surface area contributed by atoms with Crippen molar-refractivity contribution in [1.29, 1.82) is 0 Å². The fraction of sp³-hybridized carbons (Fsp3) is 0.684. The van der Waals surface area contributed by atoms with Crippen molar-refractivity contribution >= 4 is 5.69 Å². The zero-order valence-corrected chi connectivity index (χ0v) is 13.6. The smallest absolute Gasteiger partial charge is 0.0366 e. The Morgan fingerprint density at radius 2 is 1.75 bits per heavy atom. The van der Waals surface area contributed by atoms with E-state index in [0.29, 0.717) is 0 Å². The van der Waals surface area contributed by atoms with Crippen LogP contribution in [0.15, 0.2) is 24.3 Å². The fourth-order valence-corrected chi connectivity index (χ4v) is 3.24. The maximum absolute atomic E-state index is 2.57. The lowest BCUT2D eigenvalue weighted by atomic mass is 9.90. The molecule has 1 nitrogen and oxygen atoms in total. The third-order valence-electron chi connectivity index (χ3n) is 4.72. The number of hydrogen-bond acceptors (Lipinski definition) is 1. The summed E-state index contributed by atoms with van der Waals surface area (Å²) >= 11 is 0. The molecule has 0 saturated carbocycles. The summed E-state index contributed by atoms with van der Waals surface area (Å²) in [4.78, 5) is 2.57. The number of anilines is 1. The minimum Gasteiger partial charge on any atom is -0.372 e. The van der Waals surface area contributed by atoms with E-state index < -0.39 is 0 Å². The number of nitrogens with zero attached hydrogens (tertiary/aromatic N) is 1. The van der Waals surface area contributed by atoms with Crippen LogP contribution in [0.2, 0.25) is 0 Å². The van der Waals surface area contributed by atoms with Crippen LogP contribution in [0.3, 0.4) is 0 Å². The van der Waals surface area contributed by atoms with Gasteiger partial charge in [0, 0.05) is 18.8 Å². The van der Waals surface area contributed by atoms with Gasteiger partial charge in [-0.1, -0.05) is 52.2 Å². The summed E-state index contributed by atoms with van der Waals surface area (Å²) in [5.74, 6) is 1.84. The topological polar surface area (TPSA) is 3.24 Å². The first-order valence-electron chi connectivity index (χ1n) is 8.53. The number of rotatable bonds is 6. The van der Waals surface area contributed by atoms with Crippen molar-refractivity contribution in [2.45, 2.75) is 59.3 Å². The Labute approximate surface area is 125 Å². The van der Waals surface area contributed by atoms with Gasteiger partial charge in [0.25, 0.3) is 0 Å². The zero-order chi connectivity index (χ0) is 14.4. The molecule has 0 atom stereocenters. The molecule has 0 spiro atoms. The Bertz CT molecular complexity index is 371.